The number of nitrogens with one attached hydrogen (secondary N) is 1. The number of nitrogens with zero attached hydrogens (tertiary/aromatic N) is 3. The molecule has 1 fully saturated rings. The first kappa shape index (κ1) is 16.2. The molecule has 21 heavy (non-hydrogen) atoms. The van der Waals surface area contributed by atoms with Crippen LogP contribution in [0.5, 0.6) is 0 Å². The van der Waals surface area contributed by atoms with Crippen molar-refractivity contribution in [2.45, 2.75) is 39.7 Å². The summed E-state index contributed by atoms with van der Waals surface area (Å²) in [5, 5.41) is 3.43. The highest BCUT2D eigenvalue weighted by atomic mass is 15.2. The van der Waals surface area contributed by atoms with E-state index in [9.17, 15) is 0 Å². The lowest BCUT2D eigenvalue weighted by Crippen LogP contribution is -2.29. The molecule has 1 saturated heterocycles. The van der Waals surface area contributed by atoms with Crippen LogP contribution in [0.3, 0.4) is 0 Å². The van der Waals surface area contributed by atoms with Crippen molar-refractivity contribution in [2.24, 2.45) is 0 Å². The van der Waals surface area contributed by atoms with Gasteiger partial charge >= 0.3 is 0 Å². The molecule has 0 spiro atoms. The molecule has 0 aliphatic carbocycles. The highest BCUT2D eigenvalue weighted by Crippen LogP contribution is 2.18. The zero-order valence-electron chi connectivity index (χ0n) is 13.9. The van der Waals surface area contributed by atoms with E-state index in [1.165, 1.54) is 30.0 Å². The molecule has 2 heterocycles. The molecule has 4 nitrogen and oxygen atoms in total. The number of hydrogen-bond donors (Lipinski definition) is 1. The molecule has 1 N–H and O–H groups in total. The summed E-state index contributed by atoms with van der Waals surface area (Å²) in [4.78, 5) is 9.77. The molecule has 1 aromatic heterocycles. The lowest BCUT2D eigenvalue weighted by Gasteiger charge is -2.23. The summed E-state index contributed by atoms with van der Waals surface area (Å²) >= 11 is 0. The second kappa shape index (κ2) is 8.35. The van der Waals surface area contributed by atoms with Crippen molar-refractivity contribution in [3.8, 4) is 0 Å². The molecule has 0 bridgehead atoms. The summed E-state index contributed by atoms with van der Waals surface area (Å²) < 4.78 is 0. The molecule has 1 aliphatic rings. The molecule has 1 aromatic rings. The molecule has 0 unspecified atom stereocenters. The van der Waals surface area contributed by atoms with Gasteiger partial charge in [-0.05, 0) is 50.7 Å². The number of rotatable bonds is 6. The van der Waals surface area contributed by atoms with E-state index in [1.54, 1.807) is 0 Å². The van der Waals surface area contributed by atoms with Gasteiger partial charge in [0.15, 0.2) is 0 Å². The summed E-state index contributed by atoms with van der Waals surface area (Å²) in [7, 11) is 2.21. The zero-order valence-corrected chi connectivity index (χ0v) is 13.9. The number of hydrogen-bond acceptors (Lipinski definition) is 4. The molecular formula is C17H30N4. The molecule has 0 aromatic carbocycles. The zero-order chi connectivity index (χ0) is 15.1. The van der Waals surface area contributed by atoms with E-state index in [-0.39, 0.29) is 0 Å². The SMILES string of the molecule is CCCc1cc(CNCC)cc(N2CCCN(C)CC2)n1. The van der Waals surface area contributed by atoms with Crippen LogP contribution in [0.2, 0.25) is 0 Å². The van der Waals surface area contributed by atoms with Gasteiger partial charge in [0.1, 0.15) is 5.82 Å². The van der Waals surface area contributed by atoms with Crippen LogP contribution in [-0.4, -0.2) is 49.7 Å². The first-order chi connectivity index (χ1) is 10.2. The van der Waals surface area contributed by atoms with Crippen molar-refractivity contribution in [3.63, 3.8) is 0 Å². The third-order valence-electron chi connectivity index (χ3n) is 4.05. The first-order valence-corrected chi connectivity index (χ1v) is 8.37. The number of aromatic nitrogens is 1. The number of aryl methyl sites for hydroxylation is 1. The number of pyridine rings is 1. The van der Waals surface area contributed by atoms with E-state index in [2.05, 4.69) is 48.1 Å². The van der Waals surface area contributed by atoms with E-state index < -0.39 is 0 Å². The third kappa shape index (κ3) is 4.97. The maximum Gasteiger partial charge on any atom is 0.129 e. The van der Waals surface area contributed by atoms with Gasteiger partial charge < -0.3 is 15.1 Å². The van der Waals surface area contributed by atoms with Crippen molar-refractivity contribution in [3.05, 3.63) is 23.4 Å². The van der Waals surface area contributed by atoms with Gasteiger partial charge in [-0.15, -0.1) is 0 Å². The van der Waals surface area contributed by atoms with Crippen molar-refractivity contribution < 1.29 is 0 Å². The van der Waals surface area contributed by atoms with E-state index in [0.29, 0.717) is 0 Å². The summed E-state index contributed by atoms with van der Waals surface area (Å²) in [5.74, 6) is 1.17. The predicted octanol–water partition coefficient (Wildman–Crippen LogP) is 2.29. The van der Waals surface area contributed by atoms with Crippen LogP contribution in [-0.2, 0) is 13.0 Å². The molecule has 118 valence electrons. The number of anilines is 1. The fourth-order valence-corrected chi connectivity index (χ4v) is 2.83. The van der Waals surface area contributed by atoms with Crippen molar-refractivity contribution in [1.82, 2.24) is 15.2 Å². The lowest BCUT2D eigenvalue weighted by molar-refractivity contribution is 0.360. The quantitative estimate of drug-likeness (QED) is 0.871. The second-order valence-electron chi connectivity index (χ2n) is 6.00. The summed E-state index contributed by atoms with van der Waals surface area (Å²) in [5.41, 5.74) is 2.60. The fraction of sp³-hybridized carbons (Fsp3) is 0.706. The molecule has 0 atom stereocenters. The van der Waals surface area contributed by atoms with Gasteiger partial charge in [-0.1, -0.05) is 20.3 Å². The van der Waals surface area contributed by atoms with E-state index in [0.717, 1.165) is 45.6 Å². The Hall–Kier alpha value is -1.13. The Kier molecular flexibility index (Phi) is 6.46. The van der Waals surface area contributed by atoms with Crippen molar-refractivity contribution in [2.75, 3.05) is 44.7 Å². The Bertz CT molecular complexity index is 433. The smallest absolute Gasteiger partial charge is 0.129 e. The largest absolute Gasteiger partial charge is 0.355 e. The maximum absolute atomic E-state index is 4.90. The first-order valence-electron chi connectivity index (χ1n) is 8.37. The summed E-state index contributed by atoms with van der Waals surface area (Å²) in [6.45, 7) is 10.8. The van der Waals surface area contributed by atoms with E-state index in [4.69, 9.17) is 4.98 Å². The Morgan fingerprint density at radius 2 is 2.00 bits per heavy atom. The number of likely N-dealkylation sites (N-methyl/N-ethyl adjacent to an activating group) is 1. The van der Waals surface area contributed by atoms with Crippen molar-refractivity contribution in [1.29, 1.82) is 0 Å². The molecule has 4 heteroatoms. The topological polar surface area (TPSA) is 31.4 Å². The highest BCUT2D eigenvalue weighted by molar-refractivity contribution is 5.43. The Balaban J connectivity index is 2.17. The molecular weight excluding hydrogens is 260 g/mol. The molecule has 0 saturated carbocycles. The molecule has 1 aliphatic heterocycles. The van der Waals surface area contributed by atoms with Gasteiger partial charge in [-0.25, -0.2) is 4.98 Å². The van der Waals surface area contributed by atoms with Gasteiger partial charge in [0, 0.05) is 31.9 Å². The monoisotopic (exact) mass is 290 g/mol. The van der Waals surface area contributed by atoms with Crippen LogP contribution in [0, 0.1) is 0 Å². The van der Waals surface area contributed by atoms with Gasteiger partial charge in [0.05, 0.1) is 0 Å². The van der Waals surface area contributed by atoms with E-state index in [1.807, 2.05) is 0 Å². The van der Waals surface area contributed by atoms with Crippen LogP contribution >= 0.6 is 0 Å². The minimum atomic E-state index is 0.941. The van der Waals surface area contributed by atoms with E-state index >= 15 is 0 Å². The third-order valence-corrected chi connectivity index (χ3v) is 4.05. The lowest BCUT2D eigenvalue weighted by atomic mass is 10.1. The van der Waals surface area contributed by atoms with Crippen LogP contribution in [0.4, 0.5) is 5.82 Å². The Morgan fingerprint density at radius 3 is 2.76 bits per heavy atom. The minimum Gasteiger partial charge on any atom is -0.355 e. The second-order valence-corrected chi connectivity index (χ2v) is 6.00. The average molecular weight is 290 g/mol. The predicted molar refractivity (Wildman–Crippen MR) is 89.9 cm³/mol. The normalized spacial score (nSPS) is 17.0. The van der Waals surface area contributed by atoms with Crippen LogP contribution in [0.25, 0.3) is 0 Å². The summed E-state index contributed by atoms with van der Waals surface area (Å²) in [6.07, 6.45) is 3.44. The maximum atomic E-state index is 4.90. The van der Waals surface area contributed by atoms with Gasteiger partial charge in [-0.3, -0.25) is 0 Å². The average Bonchev–Trinajstić information content (AvgIpc) is 2.70. The van der Waals surface area contributed by atoms with Crippen LogP contribution in [0.1, 0.15) is 37.9 Å². The highest BCUT2D eigenvalue weighted by Gasteiger charge is 2.15. The van der Waals surface area contributed by atoms with Gasteiger partial charge in [0.2, 0.25) is 0 Å². The minimum absolute atomic E-state index is 0.941. The fourth-order valence-electron chi connectivity index (χ4n) is 2.83. The van der Waals surface area contributed by atoms with Crippen molar-refractivity contribution >= 4 is 5.82 Å². The Labute approximate surface area is 129 Å². The molecule has 0 radical (unpaired) electrons. The molecule has 0 amide bonds. The van der Waals surface area contributed by atoms with Gasteiger partial charge in [-0.2, -0.15) is 0 Å². The van der Waals surface area contributed by atoms with Gasteiger partial charge in [0.25, 0.3) is 0 Å². The van der Waals surface area contributed by atoms with Crippen LogP contribution < -0.4 is 10.2 Å². The standard InChI is InChI=1S/C17H30N4/c1-4-7-16-12-15(14-18-5-2)13-17(19-16)21-9-6-8-20(3)10-11-21/h12-13,18H,4-11,14H2,1-3H3. The Morgan fingerprint density at radius 1 is 1.14 bits per heavy atom. The van der Waals surface area contributed by atoms with Crippen LogP contribution in [0.15, 0.2) is 12.1 Å². The summed E-state index contributed by atoms with van der Waals surface area (Å²) in [6, 6.07) is 4.53. The molecule has 2 rings (SSSR count).